The highest BCUT2D eigenvalue weighted by atomic mass is 79.9. The fraction of sp³-hybridized carbons (Fsp3) is 0.286. The van der Waals surface area contributed by atoms with E-state index in [2.05, 4.69) is 38.1 Å². The molecule has 3 N–H and O–H groups in total. The van der Waals surface area contributed by atoms with Gasteiger partial charge in [-0.25, -0.2) is 14.4 Å². The first-order valence-corrected chi connectivity index (χ1v) is 7.15. The van der Waals surface area contributed by atoms with Gasteiger partial charge in [0.2, 0.25) is 0 Å². The number of benzene rings is 1. The maximum absolute atomic E-state index is 13.1. The van der Waals surface area contributed by atoms with Gasteiger partial charge in [0.15, 0.2) is 0 Å². The number of halogens is 2. The zero-order chi connectivity index (χ0) is 14.7. The van der Waals surface area contributed by atoms with Crippen LogP contribution in [0.5, 0.6) is 0 Å². The van der Waals surface area contributed by atoms with Crippen LogP contribution in [0.4, 0.5) is 21.7 Å². The molecule has 106 valence electrons. The second-order valence-electron chi connectivity index (χ2n) is 4.50. The fourth-order valence-electron chi connectivity index (χ4n) is 1.76. The van der Waals surface area contributed by atoms with Gasteiger partial charge in [-0.05, 0) is 47.5 Å². The first-order valence-electron chi connectivity index (χ1n) is 6.36. The molecule has 0 bridgehead atoms. The lowest BCUT2D eigenvalue weighted by Crippen LogP contribution is -2.07. The maximum Gasteiger partial charge on any atom is 0.139 e. The van der Waals surface area contributed by atoms with E-state index in [1.54, 1.807) is 6.07 Å². The minimum atomic E-state index is -0.298. The molecule has 20 heavy (non-hydrogen) atoms. The number of aromatic nitrogens is 2. The lowest BCUT2D eigenvalue weighted by atomic mass is 10.2. The molecule has 0 aliphatic carbocycles. The van der Waals surface area contributed by atoms with Crippen LogP contribution in [0.3, 0.4) is 0 Å². The molecule has 4 nitrogen and oxygen atoms in total. The molecule has 1 aromatic heterocycles. The lowest BCUT2D eigenvalue weighted by molar-refractivity contribution is 0.627. The molecule has 2 rings (SSSR count). The van der Waals surface area contributed by atoms with Gasteiger partial charge >= 0.3 is 0 Å². The van der Waals surface area contributed by atoms with Crippen molar-refractivity contribution in [3.63, 3.8) is 0 Å². The van der Waals surface area contributed by atoms with Crippen molar-refractivity contribution >= 4 is 33.3 Å². The minimum absolute atomic E-state index is 0.298. The topological polar surface area (TPSA) is 63.8 Å². The molecule has 2 aromatic rings. The van der Waals surface area contributed by atoms with E-state index < -0.39 is 0 Å². The molecule has 0 radical (unpaired) electrons. The van der Waals surface area contributed by atoms with Crippen LogP contribution in [0.2, 0.25) is 0 Å². The number of nitrogens with zero attached hydrogens (tertiary/aromatic N) is 2. The first kappa shape index (κ1) is 14.7. The number of nitrogens with one attached hydrogen (secondary N) is 1. The summed E-state index contributed by atoms with van der Waals surface area (Å²) in [5, 5.41) is 3.16. The first-order chi connectivity index (χ1) is 9.51. The third-order valence-corrected chi connectivity index (χ3v) is 3.54. The SMILES string of the molecule is CCCc1nc(N)c(C)c(Nc2ccc(F)cc2Br)n1. The Kier molecular flexibility index (Phi) is 4.54. The van der Waals surface area contributed by atoms with Crippen LogP contribution < -0.4 is 11.1 Å². The molecule has 0 saturated carbocycles. The van der Waals surface area contributed by atoms with Crippen molar-refractivity contribution in [2.45, 2.75) is 26.7 Å². The van der Waals surface area contributed by atoms with E-state index in [0.29, 0.717) is 21.9 Å². The number of aryl methyl sites for hydroxylation is 1. The highest BCUT2D eigenvalue weighted by molar-refractivity contribution is 9.10. The molecule has 0 unspecified atom stereocenters. The summed E-state index contributed by atoms with van der Waals surface area (Å²) in [6, 6.07) is 4.44. The number of hydrogen-bond acceptors (Lipinski definition) is 4. The Morgan fingerprint density at radius 3 is 2.75 bits per heavy atom. The molecule has 0 spiro atoms. The van der Waals surface area contributed by atoms with Crippen molar-refractivity contribution in [2.75, 3.05) is 11.1 Å². The Labute approximate surface area is 125 Å². The monoisotopic (exact) mass is 338 g/mol. The number of nitrogens with two attached hydrogens (primary N) is 1. The zero-order valence-corrected chi connectivity index (χ0v) is 13.0. The Balaban J connectivity index is 2.37. The van der Waals surface area contributed by atoms with Crippen molar-refractivity contribution < 1.29 is 4.39 Å². The van der Waals surface area contributed by atoms with Crippen LogP contribution in [-0.2, 0) is 6.42 Å². The normalized spacial score (nSPS) is 10.6. The van der Waals surface area contributed by atoms with E-state index in [1.807, 2.05) is 6.92 Å². The molecule has 0 saturated heterocycles. The van der Waals surface area contributed by atoms with Crippen LogP contribution in [0.15, 0.2) is 22.7 Å². The van der Waals surface area contributed by atoms with E-state index >= 15 is 0 Å². The van der Waals surface area contributed by atoms with Crippen molar-refractivity contribution in [2.24, 2.45) is 0 Å². The Morgan fingerprint density at radius 2 is 2.10 bits per heavy atom. The summed E-state index contributed by atoms with van der Waals surface area (Å²) in [5.41, 5.74) is 7.42. The van der Waals surface area contributed by atoms with Crippen molar-refractivity contribution in [3.8, 4) is 0 Å². The summed E-state index contributed by atoms with van der Waals surface area (Å²) in [4.78, 5) is 8.72. The van der Waals surface area contributed by atoms with Crippen LogP contribution in [0.1, 0.15) is 24.7 Å². The van der Waals surface area contributed by atoms with Crippen LogP contribution in [0.25, 0.3) is 0 Å². The molecule has 0 amide bonds. The van der Waals surface area contributed by atoms with Gasteiger partial charge in [-0.3, -0.25) is 0 Å². The quantitative estimate of drug-likeness (QED) is 0.885. The third kappa shape index (κ3) is 3.25. The minimum Gasteiger partial charge on any atom is -0.383 e. The predicted molar refractivity (Wildman–Crippen MR) is 82.6 cm³/mol. The molecule has 0 fully saturated rings. The molecule has 6 heteroatoms. The third-order valence-electron chi connectivity index (χ3n) is 2.89. The Hall–Kier alpha value is -1.69. The van der Waals surface area contributed by atoms with Gasteiger partial charge in [0, 0.05) is 16.5 Å². The van der Waals surface area contributed by atoms with Crippen molar-refractivity contribution in [1.29, 1.82) is 0 Å². The molecular weight excluding hydrogens is 323 g/mol. The van der Waals surface area contributed by atoms with E-state index in [-0.39, 0.29) is 5.82 Å². The number of hydrogen-bond donors (Lipinski definition) is 2. The van der Waals surface area contributed by atoms with Crippen molar-refractivity contribution in [3.05, 3.63) is 39.9 Å². The van der Waals surface area contributed by atoms with Crippen LogP contribution >= 0.6 is 15.9 Å². The maximum atomic E-state index is 13.1. The van der Waals surface area contributed by atoms with E-state index in [4.69, 9.17) is 5.73 Å². The van der Waals surface area contributed by atoms with E-state index in [1.165, 1.54) is 12.1 Å². The van der Waals surface area contributed by atoms with Crippen molar-refractivity contribution in [1.82, 2.24) is 9.97 Å². The van der Waals surface area contributed by atoms with E-state index in [9.17, 15) is 4.39 Å². The van der Waals surface area contributed by atoms with Gasteiger partial charge in [-0.2, -0.15) is 0 Å². The smallest absolute Gasteiger partial charge is 0.139 e. The second-order valence-corrected chi connectivity index (χ2v) is 5.35. The number of anilines is 3. The summed E-state index contributed by atoms with van der Waals surface area (Å²) in [6.07, 6.45) is 1.71. The summed E-state index contributed by atoms with van der Waals surface area (Å²) in [7, 11) is 0. The summed E-state index contributed by atoms with van der Waals surface area (Å²) in [6.45, 7) is 3.91. The fourth-order valence-corrected chi connectivity index (χ4v) is 2.21. The lowest BCUT2D eigenvalue weighted by Gasteiger charge is -2.13. The average Bonchev–Trinajstić information content (AvgIpc) is 2.39. The molecule has 1 aromatic carbocycles. The predicted octanol–water partition coefficient (Wildman–Crippen LogP) is 3.96. The molecule has 0 aliphatic rings. The van der Waals surface area contributed by atoms with Gasteiger partial charge in [0.05, 0.1) is 5.69 Å². The molecular formula is C14H16BrFN4. The van der Waals surface area contributed by atoms with Gasteiger partial charge in [0.1, 0.15) is 23.3 Å². The second kappa shape index (κ2) is 6.17. The van der Waals surface area contributed by atoms with Gasteiger partial charge < -0.3 is 11.1 Å². The Bertz CT molecular complexity index is 631. The standard InChI is InChI=1S/C14H16BrFN4/c1-3-4-12-19-13(17)8(2)14(20-12)18-11-6-5-9(16)7-10(11)15/h5-7H,3-4H2,1-2H3,(H3,17,18,19,20). The van der Waals surface area contributed by atoms with Crippen LogP contribution in [0, 0.1) is 12.7 Å². The number of nitrogen functional groups attached to an aromatic ring is 1. The van der Waals surface area contributed by atoms with E-state index in [0.717, 1.165) is 24.1 Å². The molecule has 1 heterocycles. The largest absolute Gasteiger partial charge is 0.383 e. The highest BCUT2D eigenvalue weighted by Gasteiger charge is 2.10. The highest BCUT2D eigenvalue weighted by Crippen LogP contribution is 2.28. The van der Waals surface area contributed by atoms with Gasteiger partial charge in [-0.1, -0.05) is 6.92 Å². The zero-order valence-electron chi connectivity index (χ0n) is 11.4. The van der Waals surface area contributed by atoms with Crippen LogP contribution in [-0.4, -0.2) is 9.97 Å². The summed E-state index contributed by atoms with van der Waals surface area (Å²) in [5.74, 6) is 1.52. The summed E-state index contributed by atoms with van der Waals surface area (Å²) >= 11 is 3.32. The summed E-state index contributed by atoms with van der Waals surface area (Å²) < 4.78 is 13.7. The van der Waals surface area contributed by atoms with Gasteiger partial charge in [0.25, 0.3) is 0 Å². The number of rotatable bonds is 4. The van der Waals surface area contributed by atoms with Gasteiger partial charge in [-0.15, -0.1) is 0 Å². The molecule has 0 aliphatic heterocycles. The Morgan fingerprint density at radius 1 is 1.35 bits per heavy atom. The average molecular weight is 339 g/mol. The molecule has 0 atom stereocenters.